The summed E-state index contributed by atoms with van der Waals surface area (Å²) in [5, 5.41) is 0.648. The van der Waals surface area contributed by atoms with Crippen molar-refractivity contribution in [1.29, 1.82) is 0 Å². The Balaban J connectivity index is 2.44. The molecule has 1 saturated heterocycles. The van der Waals surface area contributed by atoms with Gasteiger partial charge in [0.05, 0.1) is 17.3 Å². The number of urea groups is 1. The highest BCUT2D eigenvalue weighted by Crippen LogP contribution is 2.33. The van der Waals surface area contributed by atoms with Crippen LogP contribution in [0.3, 0.4) is 0 Å². The first-order valence-corrected chi connectivity index (χ1v) is 6.90. The van der Waals surface area contributed by atoms with Crippen LogP contribution >= 0.6 is 23.2 Å². The first-order chi connectivity index (χ1) is 10.0. The zero-order chi connectivity index (χ0) is 15.6. The van der Waals surface area contributed by atoms with E-state index >= 15 is 0 Å². The van der Waals surface area contributed by atoms with Gasteiger partial charge in [-0.3, -0.25) is 4.79 Å². The number of carbonyl (C=O) groups is 2. The highest BCUT2D eigenvalue weighted by Gasteiger charge is 2.45. The first-order valence-electron chi connectivity index (χ1n) is 6.15. The highest BCUT2D eigenvalue weighted by atomic mass is 35.5. The molecule has 1 heterocycles. The molecular formula is C15H12Cl2N2O2. The average Bonchev–Trinajstić information content (AvgIpc) is 2.65. The van der Waals surface area contributed by atoms with E-state index in [0.717, 1.165) is 4.90 Å². The number of amides is 3. The number of halogens is 2. The van der Waals surface area contributed by atoms with E-state index in [-0.39, 0.29) is 17.5 Å². The summed E-state index contributed by atoms with van der Waals surface area (Å²) in [6.45, 7) is 3.65. The van der Waals surface area contributed by atoms with Gasteiger partial charge in [0.2, 0.25) is 0 Å². The van der Waals surface area contributed by atoms with Gasteiger partial charge in [0, 0.05) is 5.02 Å². The number of benzene rings is 1. The van der Waals surface area contributed by atoms with Crippen molar-refractivity contribution in [2.45, 2.75) is 12.5 Å². The normalized spacial score (nSPS) is 18.0. The third-order valence-corrected chi connectivity index (χ3v) is 3.66. The van der Waals surface area contributed by atoms with E-state index in [9.17, 15) is 9.59 Å². The third-order valence-electron chi connectivity index (χ3n) is 3.12. The number of rotatable bonds is 4. The molecule has 108 valence electrons. The molecule has 6 heteroatoms. The van der Waals surface area contributed by atoms with Gasteiger partial charge in [-0.05, 0) is 24.6 Å². The number of hydrogen-bond acceptors (Lipinski definition) is 2. The van der Waals surface area contributed by atoms with Gasteiger partial charge in [0.1, 0.15) is 6.04 Å². The van der Waals surface area contributed by atoms with Gasteiger partial charge < -0.3 is 4.90 Å². The fraction of sp³-hybridized carbons (Fsp3) is 0.200. The summed E-state index contributed by atoms with van der Waals surface area (Å²) in [6.07, 6.45) is 7.17. The number of terminal acetylenes is 1. The summed E-state index contributed by atoms with van der Waals surface area (Å²) < 4.78 is 0. The minimum atomic E-state index is -0.655. The third kappa shape index (κ3) is 2.76. The summed E-state index contributed by atoms with van der Waals surface area (Å²) in [5.74, 6) is 2.01. The molecule has 1 aromatic carbocycles. The van der Waals surface area contributed by atoms with Crippen molar-refractivity contribution in [3.8, 4) is 12.3 Å². The van der Waals surface area contributed by atoms with E-state index in [2.05, 4.69) is 12.5 Å². The molecule has 0 N–H and O–H groups in total. The minimum Gasteiger partial charge on any atom is -0.300 e. The van der Waals surface area contributed by atoms with Crippen LogP contribution in [0.1, 0.15) is 6.42 Å². The Hall–Kier alpha value is -1.96. The topological polar surface area (TPSA) is 40.6 Å². The largest absolute Gasteiger partial charge is 0.332 e. The molecule has 4 nitrogen and oxygen atoms in total. The Bertz CT molecular complexity index is 652. The van der Waals surface area contributed by atoms with Crippen molar-refractivity contribution in [3.63, 3.8) is 0 Å². The first kappa shape index (κ1) is 15.4. The van der Waals surface area contributed by atoms with Gasteiger partial charge in [-0.25, -0.2) is 9.69 Å². The van der Waals surface area contributed by atoms with Gasteiger partial charge >= 0.3 is 6.03 Å². The van der Waals surface area contributed by atoms with Crippen LogP contribution in [0.25, 0.3) is 0 Å². The van der Waals surface area contributed by atoms with E-state index in [1.54, 1.807) is 12.1 Å². The number of imide groups is 1. The van der Waals surface area contributed by atoms with Gasteiger partial charge in [0.25, 0.3) is 5.91 Å². The molecular weight excluding hydrogens is 311 g/mol. The van der Waals surface area contributed by atoms with E-state index in [4.69, 9.17) is 29.6 Å². The van der Waals surface area contributed by atoms with E-state index in [1.807, 2.05) is 0 Å². The summed E-state index contributed by atoms with van der Waals surface area (Å²) in [4.78, 5) is 27.3. The van der Waals surface area contributed by atoms with Crippen LogP contribution in [0, 0.1) is 12.3 Å². The maximum absolute atomic E-state index is 12.5. The van der Waals surface area contributed by atoms with Crippen molar-refractivity contribution in [1.82, 2.24) is 4.90 Å². The quantitative estimate of drug-likeness (QED) is 0.484. The molecule has 0 aromatic heterocycles. The van der Waals surface area contributed by atoms with Crippen molar-refractivity contribution in [3.05, 3.63) is 40.9 Å². The molecule has 2 rings (SSSR count). The monoisotopic (exact) mass is 322 g/mol. The van der Waals surface area contributed by atoms with E-state index < -0.39 is 12.1 Å². The molecule has 0 spiro atoms. The van der Waals surface area contributed by atoms with Crippen LogP contribution in [0.15, 0.2) is 30.9 Å². The van der Waals surface area contributed by atoms with Gasteiger partial charge in [-0.2, -0.15) is 0 Å². The van der Waals surface area contributed by atoms with Crippen molar-refractivity contribution in [2.75, 3.05) is 11.4 Å². The molecule has 0 aliphatic carbocycles. The molecule has 1 fully saturated rings. The molecule has 21 heavy (non-hydrogen) atoms. The number of anilines is 1. The molecule has 0 radical (unpaired) electrons. The van der Waals surface area contributed by atoms with E-state index in [1.165, 1.54) is 17.0 Å². The molecule has 3 amide bonds. The molecule has 1 aromatic rings. The van der Waals surface area contributed by atoms with Gasteiger partial charge in [0.15, 0.2) is 0 Å². The molecule has 0 bridgehead atoms. The molecule has 0 saturated carbocycles. The predicted octanol–water partition coefficient (Wildman–Crippen LogP) is 3.34. The van der Waals surface area contributed by atoms with Crippen LogP contribution in [0.5, 0.6) is 0 Å². The Kier molecular flexibility index (Phi) is 4.56. The minimum absolute atomic E-state index is 0.0464. The molecule has 1 unspecified atom stereocenters. The number of hydrogen-bond donors (Lipinski definition) is 0. The second-order valence-electron chi connectivity index (χ2n) is 4.42. The Labute approximate surface area is 132 Å². The van der Waals surface area contributed by atoms with E-state index in [0.29, 0.717) is 17.1 Å². The average molecular weight is 323 g/mol. The fourth-order valence-corrected chi connectivity index (χ4v) is 2.68. The smallest absolute Gasteiger partial charge is 0.300 e. The Morgan fingerprint density at radius 3 is 2.67 bits per heavy atom. The molecule has 1 aliphatic rings. The highest BCUT2D eigenvalue weighted by molar-refractivity contribution is 6.38. The van der Waals surface area contributed by atoms with Crippen molar-refractivity contribution < 1.29 is 9.59 Å². The van der Waals surface area contributed by atoms with Crippen LogP contribution in [-0.2, 0) is 4.79 Å². The maximum atomic E-state index is 12.5. The SMILES string of the molecule is C#CCN1C(=O)N(c2ccc(Cl)cc2Cl)C(=O)C1CC=C. The predicted molar refractivity (Wildman–Crippen MR) is 83.5 cm³/mol. The Morgan fingerprint density at radius 1 is 1.38 bits per heavy atom. The van der Waals surface area contributed by atoms with Crippen molar-refractivity contribution >= 4 is 40.8 Å². The van der Waals surface area contributed by atoms with Crippen LogP contribution in [0.4, 0.5) is 10.5 Å². The van der Waals surface area contributed by atoms with Crippen LogP contribution in [-0.4, -0.2) is 29.4 Å². The van der Waals surface area contributed by atoms with Crippen LogP contribution in [0.2, 0.25) is 10.0 Å². The van der Waals surface area contributed by atoms with Crippen LogP contribution < -0.4 is 4.90 Å². The molecule has 1 atom stereocenters. The summed E-state index contributed by atoms with van der Waals surface area (Å²) >= 11 is 11.9. The van der Waals surface area contributed by atoms with Gasteiger partial charge in [-0.15, -0.1) is 13.0 Å². The van der Waals surface area contributed by atoms with Crippen molar-refractivity contribution in [2.24, 2.45) is 0 Å². The lowest BCUT2D eigenvalue weighted by atomic mass is 10.2. The number of nitrogens with zero attached hydrogens (tertiary/aromatic N) is 2. The summed E-state index contributed by atoms with van der Waals surface area (Å²) in [6, 6.07) is 3.43. The number of carbonyl (C=O) groups excluding carboxylic acids is 2. The summed E-state index contributed by atoms with van der Waals surface area (Å²) in [7, 11) is 0. The lowest BCUT2D eigenvalue weighted by Crippen LogP contribution is -2.35. The van der Waals surface area contributed by atoms with Gasteiger partial charge in [-0.1, -0.05) is 35.2 Å². The second-order valence-corrected chi connectivity index (χ2v) is 5.27. The Morgan fingerprint density at radius 2 is 2.10 bits per heavy atom. The standard InChI is InChI=1S/C15H12Cl2N2O2/c1-3-5-13-14(20)19(15(21)18(13)8-4-2)12-7-6-10(16)9-11(12)17/h2-3,6-7,9,13H,1,5,8H2. The maximum Gasteiger partial charge on any atom is 0.332 e. The molecule has 1 aliphatic heterocycles. The summed E-state index contributed by atoms with van der Waals surface area (Å²) in [5.41, 5.74) is 0.296. The zero-order valence-corrected chi connectivity index (χ0v) is 12.6. The second kappa shape index (κ2) is 6.21. The lowest BCUT2D eigenvalue weighted by molar-refractivity contribution is -0.119. The zero-order valence-electron chi connectivity index (χ0n) is 11.1. The fourth-order valence-electron chi connectivity index (χ4n) is 2.18. The lowest BCUT2D eigenvalue weighted by Gasteiger charge is -2.18.